The van der Waals surface area contributed by atoms with E-state index in [0.717, 1.165) is 23.0 Å². The standard InChI is InChI=1S/C14H14ClN3OS/c1-8-5-4-6-11(9(8)2)16-13-7-12(15)17-14(18-13)20-10(3)19/h4-7H,1-3H3,(H,16,17,18). The van der Waals surface area contributed by atoms with Crippen molar-refractivity contribution < 1.29 is 4.79 Å². The fraction of sp³-hybridized carbons (Fsp3) is 0.214. The van der Waals surface area contributed by atoms with Crippen LogP contribution in [0.2, 0.25) is 5.15 Å². The number of thioether (sulfide) groups is 1. The van der Waals surface area contributed by atoms with Crippen molar-refractivity contribution in [1.29, 1.82) is 0 Å². The summed E-state index contributed by atoms with van der Waals surface area (Å²) in [5, 5.41) is 3.78. The summed E-state index contributed by atoms with van der Waals surface area (Å²) >= 11 is 6.91. The van der Waals surface area contributed by atoms with Crippen LogP contribution in [0.5, 0.6) is 0 Å². The molecule has 1 aromatic heterocycles. The van der Waals surface area contributed by atoms with Crippen molar-refractivity contribution in [2.75, 3.05) is 5.32 Å². The fourth-order valence-electron chi connectivity index (χ4n) is 1.66. The summed E-state index contributed by atoms with van der Waals surface area (Å²) in [5.74, 6) is 0.572. The van der Waals surface area contributed by atoms with Crippen molar-refractivity contribution in [3.8, 4) is 0 Å². The molecule has 4 nitrogen and oxygen atoms in total. The van der Waals surface area contributed by atoms with Crippen LogP contribution in [0.1, 0.15) is 18.1 Å². The highest BCUT2D eigenvalue weighted by Gasteiger charge is 2.08. The minimum Gasteiger partial charge on any atom is -0.340 e. The number of carbonyl (C=O) groups excluding carboxylic acids is 1. The summed E-state index contributed by atoms with van der Waals surface area (Å²) in [6.07, 6.45) is 0. The number of anilines is 2. The van der Waals surface area contributed by atoms with Gasteiger partial charge >= 0.3 is 0 Å². The van der Waals surface area contributed by atoms with E-state index in [2.05, 4.69) is 15.3 Å². The highest BCUT2D eigenvalue weighted by Crippen LogP contribution is 2.25. The molecule has 2 aromatic rings. The van der Waals surface area contributed by atoms with Gasteiger partial charge in [0.25, 0.3) is 0 Å². The molecular weight excluding hydrogens is 294 g/mol. The van der Waals surface area contributed by atoms with Crippen LogP contribution in [0.4, 0.5) is 11.5 Å². The molecule has 0 unspecified atom stereocenters. The van der Waals surface area contributed by atoms with E-state index in [1.54, 1.807) is 6.07 Å². The van der Waals surface area contributed by atoms with Crippen LogP contribution in [0, 0.1) is 13.8 Å². The molecule has 0 spiro atoms. The van der Waals surface area contributed by atoms with Gasteiger partial charge in [0.1, 0.15) is 11.0 Å². The van der Waals surface area contributed by atoms with Crippen molar-refractivity contribution in [3.05, 3.63) is 40.5 Å². The summed E-state index contributed by atoms with van der Waals surface area (Å²) in [4.78, 5) is 19.4. The van der Waals surface area contributed by atoms with Crippen molar-refractivity contribution in [1.82, 2.24) is 9.97 Å². The molecule has 0 aliphatic carbocycles. The van der Waals surface area contributed by atoms with Gasteiger partial charge in [0.2, 0.25) is 0 Å². The summed E-state index contributed by atoms with van der Waals surface area (Å²) < 4.78 is 0. The van der Waals surface area contributed by atoms with E-state index in [0.29, 0.717) is 16.1 Å². The second kappa shape index (κ2) is 6.24. The molecule has 6 heteroatoms. The second-order valence-corrected chi connectivity index (χ2v) is 5.86. The number of nitrogens with one attached hydrogen (secondary N) is 1. The Bertz CT molecular complexity index is 661. The molecule has 0 amide bonds. The van der Waals surface area contributed by atoms with E-state index >= 15 is 0 Å². The zero-order chi connectivity index (χ0) is 14.7. The van der Waals surface area contributed by atoms with Crippen molar-refractivity contribution >= 4 is 40.0 Å². The van der Waals surface area contributed by atoms with Crippen LogP contribution >= 0.6 is 23.4 Å². The van der Waals surface area contributed by atoms with Crippen LogP contribution in [-0.2, 0) is 4.79 Å². The third kappa shape index (κ3) is 3.71. The molecule has 104 valence electrons. The van der Waals surface area contributed by atoms with E-state index < -0.39 is 0 Å². The lowest BCUT2D eigenvalue weighted by Gasteiger charge is -2.11. The van der Waals surface area contributed by atoms with Gasteiger partial charge in [-0.3, -0.25) is 4.79 Å². The van der Waals surface area contributed by atoms with Crippen molar-refractivity contribution in [3.63, 3.8) is 0 Å². The van der Waals surface area contributed by atoms with Crippen LogP contribution in [0.15, 0.2) is 29.4 Å². The largest absolute Gasteiger partial charge is 0.340 e. The Kier molecular flexibility index (Phi) is 4.62. The van der Waals surface area contributed by atoms with Gasteiger partial charge in [-0.25, -0.2) is 9.97 Å². The molecule has 0 saturated heterocycles. The van der Waals surface area contributed by atoms with Gasteiger partial charge < -0.3 is 5.32 Å². The van der Waals surface area contributed by atoms with Gasteiger partial charge in [-0.15, -0.1) is 0 Å². The fourth-order valence-corrected chi connectivity index (χ4v) is 2.44. The predicted octanol–water partition coefficient (Wildman–Crippen LogP) is 4.13. The Hall–Kier alpha value is -1.59. The smallest absolute Gasteiger partial charge is 0.198 e. The van der Waals surface area contributed by atoms with E-state index in [4.69, 9.17) is 11.6 Å². The average molecular weight is 308 g/mol. The Morgan fingerprint density at radius 3 is 2.75 bits per heavy atom. The zero-order valence-corrected chi connectivity index (χ0v) is 13.0. The number of hydrogen-bond acceptors (Lipinski definition) is 5. The Balaban J connectivity index is 2.31. The van der Waals surface area contributed by atoms with Gasteiger partial charge in [0.15, 0.2) is 10.3 Å². The highest BCUT2D eigenvalue weighted by molar-refractivity contribution is 8.13. The quantitative estimate of drug-likeness (QED) is 0.525. The van der Waals surface area contributed by atoms with Crippen LogP contribution in [0.25, 0.3) is 0 Å². The Morgan fingerprint density at radius 1 is 1.30 bits per heavy atom. The minimum atomic E-state index is -0.0787. The van der Waals surface area contributed by atoms with E-state index in [9.17, 15) is 4.79 Å². The number of carbonyl (C=O) groups is 1. The third-order valence-corrected chi connectivity index (χ3v) is 3.62. The highest BCUT2D eigenvalue weighted by atomic mass is 35.5. The number of halogens is 1. The minimum absolute atomic E-state index is 0.0787. The van der Waals surface area contributed by atoms with E-state index in [-0.39, 0.29) is 5.12 Å². The molecule has 0 saturated carbocycles. The number of nitrogens with zero attached hydrogens (tertiary/aromatic N) is 2. The number of rotatable bonds is 3. The van der Waals surface area contributed by atoms with Gasteiger partial charge in [-0.2, -0.15) is 0 Å². The summed E-state index contributed by atoms with van der Waals surface area (Å²) in [6.45, 7) is 5.54. The lowest BCUT2D eigenvalue weighted by atomic mass is 10.1. The molecule has 1 N–H and O–H groups in total. The van der Waals surface area contributed by atoms with Crippen LogP contribution in [-0.4, -0.2) is 15.1 Å². The molecule has 0 bridgehead atoms. The summed E-state index contributed by atoms with van der Waals surface area (Å²) in [7, 11) is 0. The SMILES string of the molecule is CC(=O)Sc1nc(Cl)cc(Nc2cccc(C)c2C)n1. The Morgan fingerprint density at radius 2 is 2.05 bits per heavy atom. The molecular formula is C14H14ClN3OS. The number of aryl methyl sites for hydroxylation is 1. The average Bonchev–Trinajstić information content (AvgIpc) is 2.33. The van der Waals surface area contributed by atoms with E-state index in [1.807, 2.05) is 32.0 Å². The maximum Gasteiger partial charge on any atom is 0.198 e. The number of hydrogen-bond donors (Lipinski definition) is 1. The predicted molar refractivity (Wildman–Crippen MR) is 82.8 cm³/mol. The molecule has 0 radical (unpaired) electrons. The number of benzene rings is 1. The summed E-state index contributed by atoms with van der Waals surface area (Å²) in [6, 6.07) is 7.62. The van der Waals surface area contributed by atoms with Crippen LogP contribution in [0.3, 0.4) is 0 Å². The lowest BCUT2D eigenvalue weighted by Crippen LogP contribution is -2.00. The van der Waals surface area contributed by atoms with Crippen molar-refractivity contribution in [2.24, 2.45) is 0 Å². The van der Waals surface area contributed by atoms with Gasteiger partial charge in [-0.05, 0) is 42.8 Å². The van der Waals surface area contributed by atoms with Gasteiger partial charge in [-0.1, -0.05) is 23.7 Å². The third-order valence-electron chi connectivity index (χ3n) is 2.78. The molecule has 0 aliphatic rings. The molecule has 2 rings (SSSR count). The summed E-state index contributed by atoms with van der Waals surface area (Å²) in [5.41, 5.74) is 3.29. The van der Waals surface area contributed by atoms with Gasteiger partial charge in [0, 0.05) is 18.7 Å². The molecule has 1 aromatic carbocycles. The Labute approximate surface area is 127 Å². The van der Waals surface area contributed by atoms with Crippen molar-refractivity contribution in [2.45, 2.75) is 25.9 Å². The topological polar surface area (TPSA) is 54.9 Å². The lowest BCUT2D eigenvalue weighted by molar-refractivity contribution is -0.109. The van der Waals surface area contributed by atoms with E-state index in [1.165, 1.54) is 12.5 Å². The molecule has 0 atom stereocenters. The monoisotopic (exact) mass is 307 g/mol. The molecule has 0 fully saturated rings. The maximum absolute atomic E-state index is 11.1. The first-order chi connectivity index (χ1) is 9.45. The normalized spacial score (nSPS) is 10.4. The second-order valence-electron chi connectivity index (χ2n) is 4.32. The number of aromatic nitrogens is 2. The molecule has 20 heavy (non-hydrogen) atoms. The van der Waals surface area contributed by atoms with Crippen LogP contribution < -0.4 is 5.32 Å². The maximum atomic E-state index is 11.1. The molecule has 0 aliphatic heterocycles. The first-order valence-electron chi connectivity index (χ1n) is 6.02. The molecule has 1 heterocycles. The zero-order valence-electron chi connectivity index (χ0n) is 11.4. The first-order valence-corrected chi connectivity index (χ1v) is 7.21. The van der Waals surface area contributed by atoms with Gasteiger partial charge in [0.05, 0.1) is 0 Å². The first kappa shape index (κ1) is 14.8.